The van der Waals surface area contributed by atoms with Gasteiger partial charge < -0.3 is 5.32 Å². The van der Waals surface area contributed by atoms with Crippen molar-refractivity contribution < 1.29 is 0 Å². The number of nitrogens with zero attached hydrogens (tertiary/aromatic N) is 3. The Morgan fingerprint density at radius 2 is 2.05 bits per heavy atom. The lowest BCUT2D eigenvalue weighted by Gasteiger charge is -2.19. The summed E-state index contributed by atoms with van der Waals surface area (Å²) >= 11 is 0. The summed E-state index contributed by atoms with van der Waals surface area (Å²) in [5.74, 6) is 0. The smallest absolute Gasteiger partial charge is 0.0992 e. The van der Waals surface area contributed by atoms with E-state index in [1.807, 2.05) is 54.3 Å². The highest BCUT2D eigenvalue weighted by molar-refractivity contribution is 5.80. The van der Waals surface area contributed by atoms with Gasteiger partial charge in [0.15, 0.2) is 0 Å². The van der Waals surface area contributed by atoms with Gasteiger partial charge in [0.25, 0.3) is 0 Å². The molecule has 3 rings (SSSR count). The summed E-state index contributed by atoms with van der Waals surface area (Å²) in [7, 11) is 1.96. The van der Waals surface area contributed by atoms with Gasteiger partial charge in [0.05, 0.1) is 29.4 Å². The first-order chi connectivity index (χ1) is 10.8. The van der Waals surface area contributed by atoms with Crippen LogP contribution in [0.4, 0.5) is 0 Å². The summed E-state index contributed by atoms with van der Waals surface area (Å²) < 4.78 is 2.03. The minimum Gasteiger partial charge on any atom is -0.320 e. The van der Waals surface area contributed by atoms with Crippen molar-refractivity contribution in [1.82, 2.24) is 15.1 Å². The molecule has 0 saturated carbocycles. The maximum Gasteiger partial charge on any atom is 0.0992 e. The highest BCUT2D eigenvalue weighted by atomic mass is 15.3. The summed E-state index contributed by atoms with van der Waals surface area (Å²) in [6, 6.07) is 18.4. The fraction of sp³-hybridized carbons (Fsp3) is 0.222. The molecule has 0 bridgehead atoms. The molecule has 0 aliphatic carbocycles. The van der Waals surface area contributed by atoms with Crippen LogP contribution in [-0.4, -0.2) is 23.4 Å². The highest BCUT2D eigenvalue weighted by Gasteiger charge is 2.16. The molecule has 0 spiro atoms. The SMILES string of the molecule is CNCCC(c1ccccc1)n1ncc2ccc(C#N)cc21. The molecule has 1 heterocycles. The molecule has 0 radical (unpaired) electrons. The topological polar surface area (TPSA) is 53.6 Å². The molecule has 0 aliphatic rings. The second-order valence-corrected chi connectivity index (χ2v) is 5.29. The number of hydrogen-bond acceptors (Lipinski definition) is 3. The van der Waals surface area contributed by atoms with Crippen LogP contribution in [-0.2, 0) is 0 Å². The number of nitrogens with one attached hydrogen (secondary N) is 1. The van der Waals surface area contributed by atoms with Gasteiger partial charge in [-0.25, -0.2) is 0 Å². The van der Waals surface area contributed by atoms with E-state index in [0.29, 0.717) is 5.56 Å². The van der Waals surface area contributed by atoms with Crippen molar-refractivity contribution in [1.29, 1.82) is 5.26 Å². The van der Waals surface area contributed by atoms with Gasteiger partial charge in [0, 0.05) is 5.39 Å². The highest BCUT2D eigenvalue weighted by Crippen LogP contribution is 2.26. The number of fused-ring (bicyclic) bond motifs is 1. The first-order valence-corrected chi connectivity index (χ1v) is 7.40. The lowest BCUT2D eigenvalue weighted by molar-refractivity contribution is 0.494. The Labute approximate surface area is 130 Å². The summed E-state index contributed by atoms with van der Waals surface area (Å²) in [5, 5.41) is 18.0. The van der Waals surface area contributed by atoms with E-state index in [4.69, 9.17) is 5.26 Å². The van der Waals surface area contributed by atoms with E-state index in [0.717, 1.165) is 23.9 Å². The predicted octanol–water partition coefficient (Wildman–Crippen LogP) is 3.11. The molecule has 1 N–H and O–H groups in total. The van der Waals surface area contributed by atoms with Crippen molar-refractivity contribution in [2.75, 3.05) is 13.6 Å². The molecule has 1 unspecified atom stereocenters. The number of hydrogen-bond donors (Lipinski definition) is 1. The Hall–Kier alpha value is -2.64. The van der Waals surface area contributed by atoms with Crippen molar-refractivity contribution in [3.63, 3.8) is 0 Å². The fourth-order valence-corrected chi connectivity index (χ4v) is 2.74. The second kappa shape index (κ2) is 6.42. The third kappa shape index (κ3) is 2.72. The predicted molar refractivity (Wildman–Crippen MR) is 87.6 cm³/mol. The molecule has 0 aliphatic heterocycles. The maximum absolute atomic E-state index is 9.13. The van der Waals surface area contributed by atoms with Gasteiger partial charge in [0.1, 0.15) is 0 Å². The first kappa shape index (κ1) is 14.3. The van der Waals surface area contributed by atoms with Crippen molar-refractivity contribution >= 4 is 10.9 Å². The molecular formula is C18H18N4. The lowest BCUT2D eigenvalue weighted by Crippen LogP contribution is -2.18. The van der Waals surface area contributed by atoms with Crippen molar-refractivity contribution in [2.45, 2.75) is 12.5 Å². The molecule has 0 amide bonds. The van der Waals surface area contributed by atoms with E-state index in [9.17, 15) is 0 Å². The van der Waals surface area contributed by atoms with Gasteiger partial charge in [-0.3, -0.25) is 4.68 Å². The van der Waals surface area contributed by atoms with Crippen LogP contribution in [0.2, 0.25) is 0 Å². The molecule has 4 nitrogen and oxygen atoms in total. The van der Waals surface area contributed by atoms with Crippen molar-refractivity contribution in [3.8, 4) is 6.07 Å². The first-order valence-electron chi connectivity index (χ1n) is 7.40. The average molecular weight is 290 g/mol. The Bertz CT molecular complexity index is 799. The van der Waals surface area contributed by atoms with Crippen molar-refractivity contribution in [3.05, 3.63) is 65.9 Å². The lowest BCUT2D eigenvalue weighted by atomic mass is 10.0. The van der Waals surface area contributed by atoms with Crippen LogP contribution >= 0.6 is 0 Å². The minimum absolute atomic E-state index is 0.153. The monoisotopic (exact) mass is 290 g/mol. The number of nitriles is 1. The third-order valence-electron chi connectivity index (χ3n) is 3.87. The van der Waals surface area contributed by atoms with Crippen LogP contribution in [0.25, 0.3) is 10.9 Å². The zero-order valence-electron chi connectivity index (χ0n) is 12.5. The van der Waals surface area contributed by atoms with E-state index < -0.39 is 0 Å². The second-order valence-electron chi connectivity index (χ2n) is 5.29. The Kier molecular flexibility index (Phi) is 4.17. The Morgan fingerprint density at radius 1 is 1.23 bits per heavy atom. The summed E-state index contributed by atoms with van der Waals surface area (Å²) in [5.41, 5.74) is 2.89. The van der Waals surface area contributed by atoms with Crippen LogP contribution in [0, 0.1) is 11.3 Å². The fourth-order valence-electron chi connectivity index (χ4n) is 2.74. The van der Waals surface area contributed by atoms with E-state index in [2.05, 4.69) is 28.6 Å². The van der Waals surface area contributed by atoms with Crippen molar-refractivity contribution in [2.24, 2.45) is 0 Å². The zero-order valence-corrected chi connectivity index (χ0v) is 12.5. The Morgan fingerprint density at radius 3 is 2.77 bits per heavy atom. The third-order valence-corrected chi connectivity index (χ3v) is 3.87. The minimum atomic E-state index is 0.153. The van der Waals surface area contributed by atoms with E-state index >= 15 is 0 Å². The van der Waals surface area contributed by atoms with E-state index in [-0.39, 0.29) is 6.04 Å². The number of benzene rings is 2. The molecule has 1 aromatic heterocycles. The van der Waals surface area contributed by atoms with Crippen LogP contribution in [0.1, 0.15) is 23.6 Å². The van der Waals surface area contributed by atoms with Crippen LogP contribution < -0.4 is 5.32 Å². The van der Waals surface area contributed by atoms with Gasteiger partial charge in [-0.2, -0.15) is 10.4 Å². The molecular weight excluding hydrogens is 272 g/mol. The number of rotatable bonds is 5. The van der Waals surface area contributed by atoms with Gasteiger partial charge in [-0.15, -0.1) is 0 Å². The van der Waals surface area contributed by atoms with Crippen LogP contribution in [0.3, 0.4) is 0 Å². The quantitative estimate of drug-likeness (QED) is 0.785. The standard InChI is InChI=1S/C18H18N4/c1-20-10-9-17(15-5-3-2-4-6-15)22-18-11-14(12-19)7-8-16(18)13-21-22/h2-8,11,13,17,20H,9-10H2,1H3. The molecule has 110 valence electrons. The van der Waals surface area contributed by atoms with Gasteiger partial charge in [-0.05, 0) is 43.8 Å². The number of aromatic nitrogens is 2. The molecule has 4 heteroatoms. The molecule has 0 saturated heterocycles. The van der Waals surface area contributed by atoms with Gasteiger partial charge >= 0.3 is 0 Å². The van der Waals surface area contributed by atoms with Crippen LogP contribution in [0.15, 0.2) is 54.7 Å². The zero-order chi connectivity index (χ0) is 15.4. The Balaban J connectivity index is 2.09. The normalized spacial score (nSPS) is 12.2. The van der Waals surface area contributed by atoms with Gasteiger partial charge in [-0.1, -0.05) is 30.3 Å². The van der Waals surface area contributed by atoms with E-state index in [1.165, 1.54) is 5.56 Å². The maximum atomic E-state index is 9.13. The molecule has 0 fully saturated rings. The average Bonchev–Trinajstić information content (AvgIpc) is 2.99. The van der Waals surface area contributed by atoms with Crippen LogP contribution in [0.5, 0.6) is 0 Å². The molecule has 22 heavy (non-hydrogen) atoms. The molecule has 3 aromatic rings. The van der Waals surface area contributed by atoms with Gasteiger partial charge in [0.2, 0.25) is 0 Å². The summed E-state index contributed by atoms with van der Waals surface area (Å²) in [6.45, 7) is 0.902. The summed E-state index contributed by atoms with van der Waals surface area (Å²) in [6.07, 6.45) is 2.81. The van der Waals surface area contributed by atoms with E-state index in [1.54, 1.807) is 0 Å². The molecule has 2 aromatic carbocycles. The molecule has 1 atom stereocenters. The largest absolute Gasteiger partial charge is 0.320 e. The summed E-state index contributed by atoms with van der Waals surface area (Å²) in [4.78, 5) is 0.